The minimum absolute atomic E-state index is 0.170. The Morgan fingerprint density at radius 1 is 0.482 bits per heavy atom. The first kappa shape index (κ1) is 32.7. The second-order valence-electron chi connectivity index (χ2n) is 15.2. The number of hydrogen-bond donors (Lipinski definition) is 0. The van der Waals surface area contributed by atoms with Crippen LogP contribution in [0, 0.1) is 0 Å². The predicted octanol–water partition coefficient (Wildman–Crippen LogP) is 14.1. The fraction of sp³-hybridized carbons (Fsp3) is 0.113. The summed E-state index contributed by atoms with van der Waals surface area (Å²) in [6.45, 7) is 0. The van der Waals surface area contributed by atoms with Crippen molar-refractivity contribution in [3.8, 4) is 22.4 Å². The summed E-state index contributed by atoms with van der Waals surface area (Å²) < 4.78 is 4.92. The number of pyridine rings is 1. The molecule has 5 aromatic carbocycles. The van der Waals surface area contributed by atoms with E-state index in [-0.39, 0.29) is 5.92 Å². The molecule has 0 fully saturated rings. The van der Waals surface area contributed by atoms with Crippen molar-refractivity contribution in [1.82, 2.24) is 14.1 Å². The van der Waals surface area contributed by atoms with Crippen LogP contribution in [-0.2, 0) is 0 Å². The van der Waals surface area contributed by atoms with Gasteiger partial charge in [0.1, 0.15) is 0 Å². The van der Waals surface area contributed by atoms with E-state index in [0.29, 0.717) is 0 Å². The molecular weight excluding hydrogens is 679 g/mol. The van der Waals surface area contributed by atoms with Gasteiger partial charge in [0.05, 0.1) is 27.8 Å². The van der Waals surface area contributed by atoms with Crippen molar-refractivity contribution < 1.29 is 0 Å². The number of nitrogens with zero attached hydrogens (tertiary/aromatic N) is 3. The molecule has 3 aromatic heterocycles. The number of aromatic nitrogens is 3. The largest absolute Gasteiger partial charge is 0.309 e. The highest BCUT2D eigenvalue weighted by atomic mass is 15.0. The molecule has 0 saturated carbocycles. The summed E-state index contributed by atoms with van der Waals surface area (Å²) in [6, 6.07) is 46.7. The molecule has 1 unspecified atom stereocenters. The Labute approximate surface area is 327 Å². The molecule has 3 nitrogen and oxygen atoms in total. The molecule has 3 aliphatic rings. The van der Waals surface area contributed by atoms with Crippen LogP contribution in [0.1, 0.15) is 49.3 Å². The third kappa shape index (κ3) is 5.38. The van der Waals surface area contributed by atoms with Crippen molar-refractivity contribution in [2.24, 2.45) is 0 Å². The van der Waals surface area contributed by atoms with Gasteiger partial charge in [-0.25, -0.2) is 0 Å². The SMILES string of the molecule is C1=CC(n2c3ccccc3c3cccc(-c4cccc(C5=CC(c6cccc(-c7cccc8c9ccccc9n(C9=CCCC=C9)c78)n6)CC=C5)c4)c32)=CCC1. The van der Waals surface area contributed by atoms with Crippen LogP contribution in [0.25, 0.3) is 83.0 Å². The molecule has 56 heavy (non-hydrogen) atoms. The minimum atomic E-state index is 0.170. The van der Waals surface area contributed by atoms with Gasteiger partial charge in [0.25, 0.3) is 0 Å². The molecule has 0 spiro atoms. The molecule has 0 radical (unpaired) electrons. The Morgan fingerprint density at radius 2 is 1.07 bits per heavy atom. The van der Waals surface area contributed by atoms with Gasteiger partial charge in [-0.05, 0) is 91.3 Å². The molecule has 0 saturated heterocycles. The molecule has 0 amide bonds. The fourth-order valence-electron chi connectivity index (χ4n) is 9.30. The van der Waals surface area contributed by atoms with Crippen molar-refractivity contribution in [3.05, 3.63) is 193 Å². The summed E-state index contributed by atoms with van der Waals surface area (Å²) in [4.78, 5) is 5.43. The molecule has 11 rings (SSSR count). The van der Waals surface area contributed by atoms with Crippen LogP contribution in [0.2, 0.25) is 0 Å². The van der Waals surface area contributed by atoms with Crippen LogP contribution >= 0.6 is 0 Å². The van der Waals surface area contributed by atoms with Crippen LogP contribution in [0.3, 0.4) is 0 Å². The fourth-order valence-corrected chi connectivity index (χ4v) is 9.30. The van der Waals surface area contributed by atoms with E-state index in [2.05, 4.69) is 191 Å². The first-order valence-corrected chi connectivity index (χ1v) is 20.1. The normalized spacial score (nSPS) is 16.9. The third-order valence-electron chi connectivity index (χ3n) is 11.9. The zero-order valence-corrected chi connectivity index (χ0v) is 31.3. The van der Waals surface area contributed by atoms with Gasteiger partial charge < -0.3 is 9.13 Å². The number of rotatable bonds is 6. The zero-order chi connectivity index (χ0) is 37.0. The van der Waals surface area contributed by atoms with E-state index in [4.69, 9.17) is 4.98 Å². The van der Waals surface area contributed by atoms with Crippen molar-refractivity contribution in [2.75, 3.05) is 0 Å². The van der Waals surface area contributed by atoms with Crippen molar-refractivity contribution in [3.63, 3.8) is 0 Å². The molecule has 0 N–H and O–H groups in total. The van der Waals surface area contributed by atoms with Crippen molar-refractivity contribution in [2.45, 2.75) is 38.0 Å². The molecule has 1 atom stereocenters. The van der Waals surface area contributed by atoms with Crippen LogP contribution in [0.15, 0.2) is 182 Å². The van der Waals surface area contributed by atoms with E-state index >= 15 is 0 Å². The van der Waals surface area contributed by atoms with Gasteiger partial charge in [-0.15, -0.1) is 0 Å². The monoisotopic (exact) mass is 719 g/mol. The van der Waals surface area contributed by atoms with Gasteiger partial charge in [-0.2, -0.15) is 0 Å². The van der Waals surface area contributed by atoms with Gasteiger partial charge in [0.2, 0.25) is 0 Å². The summed E-state index contributed by atoms with van der Waals surface area (Å²) in [5, 5.41) is 5.11. The quantitative estimate of drug-likeness (QED) is 0.168. The Morgan fingerprint density at radius 3 is 1.75 bits per heavy atom. The first-order chi connectivity index (χ1) is 27.8. The van der Waals surface area contributed by atoms with Crippen LogP contribution < -0.4 is 0 Å². The van der Waals surface area contributed by atoms with E-state index in [1.807, 2.05) is 0 Å². The maximum Gasteiger partial charge on any atom is 0.0726 e. The Kier molecular flexibility index (Phi) is 7.91. The zero-order valence-electron chi connectivity index (χ0n) is 31.3. The molecule has 0 bridgehead atoms. The summed E-state index contributed by atoms with van der Waals surface area (Å²) in [5.74, 6) is 0.170. The highest BCUT2D eigenvalue weighted by Crippen LogP contribution is 2.42. The Hall–Kier alpha value is -6.71. The maximum atomic E-state index is 5.43. The lowest BCUT2D eigenvalue weighted by molar-refractivity contribution is 0.820. The summed E-state index contributed by atoms with van der Waals surface area (Å²) in [6.07, 6.45) is 26.2. The first-order valence-electron chi connectivity index (χ1n) is 20.1. The van der Waals surface area contributed by atoms with Crippen LogP contribution in [0.5, 0.6) is 0 Å². The van der Waals surface area contributed by atoms with E-state index in [9.17, 15) is 0 Å². The second-order valence-corrected chi connectivity index (χ2v) is 15.2. The Balaban J connectivity index is 0.991. The van der Waals surface area contributed by atoms with Gasteiger partial charge in [0.15, 0.2) is 0 Å². The maximum absolute atomic E-state index is 5.43. The molecule has 3 heterocycles. The summed E-state index contributed by atoms with van der Waals surface area (Å²) in [7, 11) is 0. The average Bonchev–Trinajstić information content (AvgIpc) is 3.81. The highest BCUT2D eigenvalue weighted by molar-refractivity contribution is 6.16. The number of allylic oxidation sites excluding steroid dienone is 12. The van der Waals surface area contributed by atoms with Gasteiger partial charge in [0, 0.05) is 55.7 Å². The van der Waals surface area contributed by atoms with Crippen LogP contribution in [-0.4, -0.2) is 14.1 Å². The molecule has 8 aromatic rings. The molecule has 268 valence electrons. The second kappa shape index (κ2) is 13.5. The van der Waals surface area contributed by atoms with E-state index in [0.717, 1.165) is 49.1 Å². The van der Waals surface area contributed by atoms with E-state index in [1.54, 1.807) is 0 Å². The van der Waals surface area contributed by atoms with Crippen molar-refractivity contribution >= 4 is 60.6 Å². The smallest absolute Gasteiger partial charge is 0.0726 e. The number of hydrogen-bond acceptors (Lipinski definition) is 1. The topological polar surface area (TPSA) is 22.8 Å². The standard InChI is InChI=1S/C53H41N3/c1-3-20-40(21-4-1)55-50-32-9-7-24-43(50)45-27-13-26-42(52(45)55)38-18-11-16-36(34-38)37-17-12-19-39(35-37)48-30-15-31-49(54-48)47-29-14-28-46-44-25-8-10-33-51(44)56(53(46)47)41-22-5-2-6-23-41/h3,5,7-18,20-35,39H,1-2,4,6,19H2. The van der Waals surface area contributed by atoms with Crippen LogP contribution in [0.4, 0.5) is 0 Å². The molecule has 0 aliphatic heterocycles. The number of fused-ring (bicyclic) bond motifs is 6. The minimum Gasteiger partial charge on any atom is -0.309 e. The van der Waals surface area contributed by atoms with Gasteiger partial charge in [-0.3, -0.25) is 4.98 Å². The average molecular weight is 720 g/mol. The number of para-hydroxylation sites is 4. The van der Waals surface area contributed by atoms with Gasteiger partial charge in [-0.1, -0.05) is 140 Å². The molecule has 3 heteroatoms. The van der Waals surface area contributed by atoms with Crippen molar-refractivity contribution in [1.29, 1.82) is 0 Å². The van der Waals surface area contributed by atoms with Gasteiger partial charge >= 0.3 is 0 Å². The van der Waals surface area contributed by atoms with E-state index in [1.165, 1.54) is 77.3 Å². The summed E-state index contributed by atoms with van der Waals surface area (Å²) >= 11 is 0. The Bertz CT molecular complexity index is 3060. The molecular formula is C53H41N3. The van der Waals surface area contributed by atoms with E-state index < -0.39 is 0 Å². The lowest BCUT2D eigenvalue weighted by Crippen LogP contribution is -2.03. The third-order valence-corrected chi connectivity index (χ3v) is 11.9. The lowest BCUT2D eigenvalue weighted by atomic mass is 9.88. The highest BCUT2D eigenvalue weighted by Gasteiger charge is 2.21. The number of benzene rings is 5. The lowest BCUT2D eigenvalue weighted by Gasteiger charge is -2.19. The summed E-state index contributed by atoms with van der Waals surface area (Å²) in [5.41, 5.74) is 15.7. The predicted molar refractivity (Wildman–Crippen MR) is 237 cm³/mol. The molecule has 3 aliphatic carbocycles.